The number of hydrogen-bond acceptors (Lipinski definition) is 2. The van der Waals surface area contributed by atoms with Gasteiger partial charge in [-0.2, -0.15) is 0 Å². The van der Waals surface area contributed by atoms with E-state index < -0.39 is 0 Å². The van der Waals surface area contributed by atoms with Crippen molar-refractivity contribution in [2.75, 3.05) is 0 Å². The molecule has 0 unspecified atom stereocenters. The largest absolute Gasteiger partial charge is 0.332 e. The van der Waals surface area contributed by atoms with Gasteiger partial charge in [0, 0.05) is 11.8 Å². The van der Waals surface area contributed by atoms with Gasteiger partial charge in [-0.05, 0) is 24.3 Å². The first-order valence-electron chi connectivity index (χ1n) is 3.93. The molecule has 0 aliphatic heterocycles. The topological polar surface area (TPSA) is 28.7 Å². The first kappa shape index (κ1) is 8.21. The molecule has 64 valence electrons. The Morgan fingerprint density at radius 2 is 2.23 bits per heavy atom. The summed E-state index contributed by atoms with van der Waals surface area (Å²) in [6, 6.07) is 7.95. The molecule has 0 fully saturated rings. The summed E-state index contributed by atoms with van der Waals surface area (Å²) in [5.41, 5.74) is 2.05. The minimum atomic E-state index is 0.857. The summed E-state index contributed by atoms with van der Waals surface area (Å²) >= 11 is 1.42. The molecule has 1 aromatic heterocycles. The van der Waals surface area contributed by atoms with Crippen molar-refractivity contribution >= 4 is 22.8 Å². The SMILES string of the molecule is CC#CSc1nc2ccccc2[nH]1. The van der Waals surface area contributed by atoms with Crippen LogP contribution in [0.5, 0.6) is 0 Å². The maximum atomic E-state index is 4.36. The van der Waals surface area contributed by atoms with E-state index in [0.717, 1.165) is 16.2 Å². The predicted octanol–water partition coefficient (Wildman–Crippen LogP) is 2.64. The van der Waals surface area contributed by atoms with Crippen LogP contribution in [0.2, 0.25) is 0 Å². The van der Waals surface area contributed by atoms with Crippen LogP contribution < -0.4 is 0 Å². The summed E-state index contributed by atoms with van der Waals surface area (Å²) < 4.78 is 0. The van der Waals surface area contributed by atoms with Gasteiger partial charge in [-0.15, -0.1) is 0 Å². The number of rotatable bonds is 1. The Kier molecular flexibility index (Phi) is 2.24. The quantitative estimate of drug-likeness (QED) is 0.550. The zero-order valence-electron chi connectivity index (χ0n) is 7.16. The number of benzene rings is 1. The number of H-pyrrole nitrogens is 1. The summed E-state index contributed by atoms with van der Waals surface area (Å²) in [5.74, 6) is 2.81. The second-order valence-electron chi connectivity index (χ2n) is 2.51. The van der Waals surface area contributed by atoms with E-state index in [2.05, 4.69) is 21.1 Å². The van der Waals surface area contributed by atoms with Crippen LogP contribution in [-0.4, -0.2) is 9.97 Å². The lowest BCUT2D eigenvalue weighted by Gasteiger charge is -1.81. The van der Waals surface area contributed by atoms with E-state index in [1.165, 1.54) is 11.8 Å². The van der Waals surface area contributed by atoms with Gasteiger partial charge >= 0.3 is 0 Å². The van der Waals surface area contributed by atoms with Gasteiger partial charge in [0.05, 0.1) is 11.0 Å². The molecule has 0 spiro atoms. The van der Waals surface area contributed by atoms with Crippen molar-refractivity contribution < 1.29 is 0 Å². The molecule has 1 N–H and O–H groups in total. The number of hydrogen-bond donors (Lipinski definition) is 1. The standard InChI is InChI=1S/C10H8N2S/c1-2-7-13-10-11-8-5-3-4-6-9(8)12-10/h3-6H,1H3,(H,11,12). The zero-order chi connectivity index (χ0) is 9.10. The minimum absolute atomic E-state index is 0.857. The molecule has 0 bridgehead atoms. The van der Waals surface area contributed by atoms with E-state index in [9.17, 15) is 0 Å². The van der Waals surface area contributed by atoms with Crippen LogP contribution in [0.25, 0.3) is 11.0 Å². The van der Waals surface area contributed by atoms with Crippen LogP contribution in [0.1, 0.15) is 6.92 Å². The fraction of sp³-hybridized carbons (Fsp3) is 0.100. The number of thioether (sulfide) groups is 1. The van der Waals surface area contributed by atoms with Gasteiger partial charge in [0.2, 0.25) is 0 Å². The highest BCUT2D eigenvalue weighted by Gasteiger charge is 1.99. The molecule has 0 aliphatic rings. The average molecular weight is 188 g/mol. The first-order valence-corrected chi connectivity index (χ1v) is 4.75. The van der Waals surface area contributed by atoms with Crippen molar-refractivity contribution in [2.24, 2.45) is 0 Å². The van der Waals surface area contributed by atoms with Crippen molar-refractivity contribution in [2.45, 2.75) is 12.1 Å². The Morgan fingerprint density at radius 1 is 1.38 bits per heavy atom. The summed E-state index contributed by atoms with van der Waals surface area (Å²) in [5, 5.41) is 3.76. The van der Waals surface area contributed by atoms with Crippen LogP contribution >= 0.6 is 11.8 Å². The van der Waals surface area contributed by atoms with Gasteiger partial charge in [-0.25, -0.2) is 4.98 Å². The van der Waals surface area contributed by atoms with Crippen LogP contribution in [-0.2, 0) is 0 Å². The van der Waals surface area contributed by atoms with Crippen molar-refractivity contribution in [1.29, 1.82) is 0 Å². The second-order valence-corrected chi connectivity index (χ2v) is 3.31. The molecule has 0 aliphatic carbocycles. The van der Waals surface area contributed by atoms with Crippen LogP contribution in [0, 0.1) is 11.2 Å². The van der Waals surface area contributed by atoms with Crippen molar-refractivity contribution in [3.05, 3.63) is 24.3 Å². The molecule has 0 amide bonds. The third kappa shape index (κ3) is 1.68. The number of nitrogens with zero attached hydrogens (tertiary/aromatic N) is 1. The molecule has 1 aromatic carbocycles. The first-order chi connectivity index (χ1) is 6.40. The van der Waals surface area contributed by atoms with Gasteiger partial charge in [0.15, 0.2) is 5.16 Å². The highest BCUT2D eigenvalue weighted by Crippen LogP contribution is 2.17. The van der Waals surface area contributed by atoms with Gasteiger partial charge in [0.1, 0.15) is 0 Å². The number of imidazole rings is 1. The lowest BCUT2D eigenvalue weighted by molar-refractivity contribution is 1.09. The molecule has 0 radical (unpaired) electrons. The monoisotopic (exact) mass is 188 g/mol. The smallest absolute Gasteiger partial charge is 0.179 e. The van der Waals surface area contributed by atoms with Crippen LogP contribution in [0.4, 0.5) is 0 Å². The van der Waals surface area contributed by atoms with Crippen LogP contribution in [0.3, 0.4) is 0 Å². The number of para-hydroxylation sites is 2. The Morgan fingerprint density at radius 3 is 3.00 bits per heavy atom. The number of fused-ring (bicyclic) bond motifs is 1. The highest BCUT2D eigenvalue weighted by atomic mass is 32.2. The van der Waals surface area contributed by atoms with Crippen molar-refractivity contribution in [3.63, 3.8) is 0 Å². The minimum Gasteiger partial charge on any atom is -0.332 e. The van der Waals surface area contributed by atoms with Crippen molar-refractivity contribution in [3.8, 4) is 11.2 Å². The number of nitrogens with one attached hydrogen (secondary N) is 1. The normalized spacial score (nSPS) is 9.62. The molecule has 2 aromatic rings. The number of aromatic amines is 1. The van der Waals surface area contributed by atoms with Crippen molar-refractivity contribution in [1.82, 2.24) is 9.97 Å². The molecule has 0 saturated carbocycles. The molecule has 13 heavy (non-hydrogen) atoms. The molecule has 3 heteroatoms. The molecule has 1 heterocycles. The molecule has 0 saturated heterocycles. The Hall–Kier alpha value is -1.40. The Labute approximate surface area is 80.8 Å². The van der Waals surface area contributed by atoms with Gasteiger partial charge in [-0.3, -0.25) is 0 Å². The molecule has 0 atom stereocenters. The van der Waals surface area contributed by atoms with Crippen LogP contribution in [0.15, 0.2) is 29.4 Å². The molecular weight excluding hydrogens is 180 g/mol. The summed E-state index contributed by atoms with van der Waals surface area (Å²) in [4.78, 5) is 7.53. The summed E-state index contributed by atoms with van der Waals surface area (Å²) in [6.45, 7) is 1.82. The lowest BCUT2D eigenvalue weighted by Crippen LogP contribution is -1.68. The van der Waals surface area contributed by atoms with E-state index in [4.69, 9.17) is 0 Å². The lowest BCUT2D eigenvalue weighted by atomic mass is 10.3. The van der Waals surface area contributed by atoms with Gasteiger partial charge in [0.25, 0.3) is 0 Å². The highest BCUT2D eigenvalue weighted by molar-refractivity contribution is 8.03. The Bertz CT molecular complexity index is 443. The van der Waals surface area contributed by atoms with E-state index in [1.807, 2.05) is 31.2 Å². The second kappa shape index (κ2) is 3.55. The zero-order valence-corrected chi connectivity index (χ0v) is 7.98. The third-order valence-electron chi connectivity index (χ3n) is 1.62. The van der Waals surface area contributed by atoms with E-state index in [1.54, 1.807) is 0 Å². The van der Waals surface area contributed by atoms with E-state index in [0.29, 0.717) is 0 Å². The maximum Gasteiger partial charge on any atom is 0.179 e. The fourth-order valence-corrected chi connectivity index (χ4v) is 1.58. The van der Waals surface area contributed by atoms with Gasteiger partial charge in [-0.1, -0.05) is 18.1 Å². The van der Waals surface area contributed by atoms with Gasteiger partial charge < -0.3 is 4.98 Å². The molecular formula is C10H8N2S. The summed E-state index contributed by atoms with van der Waals surface area (Å²) in [7, 11) is 0. The average Bonchev–Trinajstić information content (AvgIpc) is 2.57. The maximum absolute atomic E-state index is 4.36. The third-order valence-corrected chi connectivity index (χ3v) is 2.31. The summed E-state index contributed by atoms with van der Waals surface area (Å²) in [6.07, 6.45) is 0. The predicted molar refractivity (Wildman–Crippen MR) is 55.4 cm³/mol. The molecule has 2 nitrogen and oxygen atoms in total. The van der Waals surface area contributed by atoms with E-state index in [-0.39, 0.29) is 0 Å². The van der Waals surface area contributed by atoms with E-state index >= 15 is 0 Å². The number of aromatic nitrogens is 2. The molecule has 2 rings (SSSR count). The Balaban J connectivity index is 2.42. The fourth-order valence-electron chi connectivity index (χ4n) is 1.08.